The first-order chi connectivity index (χ1) is 11.3. The molecule has 1 aromatic rings. The fraction of sp³-hybridized carbons (Fsp3) is 0.529. The number of imide groups is 1. The van der Waals surface area contributed by atoms with Gasteiger partial charge in [-0.1, -0.05) is 12.1 Å². The Morgan fingerprint density at radius 3 is 2.33 bits per heavy atom. The predicted molar refractivity (Wildman–Crippen MR) is 92.1 cm³/mol. The molecule has 24 heavy (non-hydrogen) atoms. The van der Waals surface area contributed by atoms with Crippen molar-refractivity contribution in [3.8, 4) is 5.75 Å². The van der Waals surface area contributed by atoms with Crippen LogP contribution in [0.2, 0.25) is 0 Å². The fourth-order valence-electron chi connectivity index (χ4n) is 1.92. The first-order valence-electron chi connectivity index (χ1n) is 7.88. The highest BCUT2D eigenvalue weighted by Crippen LogP contribution is 2.12. The quantitative estimate of drug-likeness (QED) is 0.829. The Bertz CT molecular complexity index is 538. The minimum Gasteiger partial charge on any atom is -0.497 e. The fourth-order valence-corrected chi connectivity index (χ4v) is 1.92. The average Bonchev–Trinajstić information content (AvgIpc) is 2.51. The predicted octanol–water partition coefficient (Wildman–Crippen LogP) is 2.14. The summed E-state index contributed by atoms with van der Waals surface area (Å²) in [6, 6.07) is 7.06. The van der Waals surface area contributed by atoms with E-state index in [4.69, 9.17) is 15.2 Å². The molecule has 0 aliphatic heterocycles. The molecule has 0 aromatic heterocycles. The van der Waals surface area contributed by atoms with Crippen LogP contribution in [-0.2, 0) is 11.2 Å². The van der Waals surface area contributed by atoms with Gasteiger partial charge in [-0.2, -0.15) is 0 Å². The average molecular weight is 337 g/mol. The summed E-state index contributed by atoms with van der Waals surface area (Å²) >= 11 is 0. The lowest BCUT2D eigenvalue weighted by atomic mass is 10.1. The van der Waals surface area contributed by atoms with Crippen molar-refractivity contribution >= 4 is 12.1 Å². The van der Waals surface area contributed by atoms with E-state index in [0.29, 0.717) is 13.0 Å². The second kappa shape index (κ2) is 9.12. The van der Waals surface area contributed by atoms with Crippen molar-refractivity contribution in [3.63, 3.8) is 0 Å². The zero-order valence-corrected chi connectivity index (χ0v) is 14.8. The highest BCUT2D eigenvalue weighted by atomic mass is 16.6. The Hall–Kier alpha value is -2.28. The number of amides is 3. The normalized spacial score (nSPS) is 10.9. The number of carbonyl (C=O) groups excluding carboxylic acids is 2. The van der Waals surface area contributed by atoms with Gasteiger partial charge in [0.15, 0.2) is 0 Å². The second-order valence-corrected chi connectivity index (χ2v) is 6.25. The van der Waals surface area contributed by atoms with E-state index in [2.05, 4.69) is 5.32 Å². The van der Waals surface area contributed by atoms with Crippen molar-refractivity contribution in [2.75, 3.05) is 26.7 Å². The topological polar surface area (TPSA) is 93.9 Å². The third-order valence-electron chi connectivity index (χ3n) is 3.06. The number of hydrogen-bond acceptors (Lipinski definition) is 5. The van der Waals surface area contributed by atoms with Gasteiger partial charge in [-0.05, 0) is 44.9 Å². The van der Waals surface area contributed by atoms with Crippen LogP contribution in [0.4, 0.5) is 9.59 Å². The molecule has 0 saturated heterocycles. The number of ether oxygens (including phenoxy) is 2. The molecule has 0 fully saturated rings. The van der Waals surface area contributed by atoms with Crippen molar-refractivity contribution in [2.24, 2.45) is 5.73 Å². The molecule has 1 aromatic carbocycles. The maximum absolute atomic E-state index is 12.2. The lowest BCUT2D eigenvalue weighted by Crippen LogP contribution is -2.48. The van der Waals surface area contributed by atoms with E-state index in [1.807, 2.05) is 24.3 Å². The summed E-state index contributed by atoms with van der Waals surface area (Å²) < 4.78 is 10.3. The Labute approximate surface area is 143 Å². The molecule has 1 rings (SSSR count). The van der Waals surface area contributed by atoms with Crippen LogP contribution in [0.1, 0.15) is 26.3 Å². The smallest absolute Gasteiger partial charge is 0.418 e. The van der Waals surface area contributed by atoms with Crippen LogP contribution in [0.15, 0.2) is 24.3 Å². The SMILES string of the molecule is COc1ccc(CCNC(=O)N(CCN)C(=O)OC(C)(C)C)cc1. The number of rotatable bonds is 6. The van der Waals surface area contributed by atoms with Crippen LogP contribution in [0.3, 0.4) is 0 Å². The molecule has 0 heterocycles. The Balaban J connectivity index is 2.53. The minimum atomic E-state index is -0.699. The van der Waals surface area contributed by atoms with E-state index < -0.39 is 17.7 Å². The molecule has 7 nitrogen and oxygen atoms in total. The molecule has 0 bridgehead atoms. The molecule has 0 saturated carbocycles. The summed E-state index contributed by atoms with van der Waals surface area (Å²) in [6.07, 6.45) is -0.0598. The standard InChI is InChI=1S/C17H27N3O4/c1-17(2,3)24-16(22)20(12-10-18)15(21)19-11-9-13-5-7-14(23-4)8-6-13/h5-8H,9-12,18H2,1-4H3,(H,19,21). The van der Waals surface area contributed by atoms with Gasteiger partial charge in [-0.25, -0.2) is 14.5 Å². The van der Waals surface area contributed by atoms with Crippen molar-refractivity contribution in [1.82, 2.24) is 10.2 Å². The van der Waals surface area contributed by atoms with Gasteiger partial charge in [0.05, 0.1) is 7.11 Å². The van der Waals surface area contributed by atoms with E-state index in [1.165, 1.54) is 0 Å². The Kier molecular flexibility index (Phi) is 7.51. The summed E-state index contributed by atoms with van der Waals surface area (Å²) in [7, 11) is 1.61. The molecule has 7 heteroatoms. The summed E-state index contributed by atoms with van der Waals surface area (Å²) in [5, 5.41) is 2.71. The molecule has 0 atom stereocenters. The number of benzene rings is 1. The van der Waals surface area contributed by atoms with Crippen LogP contribution in [0, 0.1) is 0 Å². The molecule has 134 valence electrons. The largest absolute Gasteiger partial charge is 0.497 e. The van der Waals surface area contributed by atoms with Crippen LogP contribution >= 0.6 is 0 Å². The maximum Gasteiger partial charge on any atom is 0.418 e. The lowest BCUT2D eigenvalue weighted by Gasteiger charge is -2.26. The van der Waals surface area contributed by atoms with Crippen molar-refractivity contribution in [1.29, 1.82) is 0 Å². The van der Waals surface area contributed by atoms with Crippen LogP contribution in [0.25, 0.3) is 0 Å². The van der Waals surface area contributed by atoms with Gasteiger partial charge >= 0.3 is 12.1 Å². The number of carbonyl (C=O) groups is 2. The number of hydrogen-bond donors (Lipinski definition) is 2. The van der Waals surface area contributed by atoms with Gasteiger partial charge in [0.1, 0.15) is 11.4 Å². The molecule has 3 amide bonds. The lowest BCUT2D eigenvalue weighted by molar-refractivity contribution is 0.0325. The first kappa shape index (κ1) is 19.8. The molecule has 0 aliphatic rings. The summed E-state index contributed by atoms with van der Waals surface area (Å²) in [6.45, 7) is 5.90. The van der Waals surface area contributed by atoms with E-state index >= 15 is 0 Å². The molecular formula is C17H27N3O4. The maximum atomic E-state index is 12.2. The number of nitrogens with one attached hydrogen (secondary N) is 1. The number of methoxy groups -OCH3 is 1. The van der Waals surface area contributed by atoms with Gasteiger partial charge in [0, 0.05) is 19.6 Å². The van der Waals surface area contributed by atoms with E-state index in [9.17, 15) is 9.59 Å². The van der Waals surface area contributed by atoms with Gasteiger partial charge in [0.25, 0.3) is 0 Å². The third kappa shape index (κ3) is 6.87. The van der Waals surface area contributed by atoms with Gasteiger partial charge < -0.3 is 20.5 Å². The minimum absolute atomic E-state index is 0.100. The highest BCUT2D eigenvalue weighted by Gasteiger charge is 2.26. The molecule has 0 unspecified atom stereocenters. The molecule has 0 spiro atoms. The number of nitrogens with zero attached hydrogens (tertiary/aromatic N) is 1. The monoisotopic (exact) mass is 337 g/mol. The van der Waals surface area contributed by atoms with Crippen LogP contribution < -0.4 is 15.8 Å². The van der Waals surface area contributed by atoms with Gasteiger partial charge in [-0.15, -0.1) is 0 Å². The number of nitrogens with two attached hydrogens (primary N) is 1. The van der Waals surface area contributed by atoms with E-state index in [1.54, 1.807) is 27.9 Å². The van der Waals surface area contributed by atoms with Gasteiger partial charge in [0.2, 0.25) is 0 Å². The van der Waals surface area contributed by atoms with Crippen LogP contribution in [-0.4, -0.2) is 49.4 Å². The number of urea groups is 1. The van der Waals surface area contributed by atoms with Gasteiger partial charge in [-0.3, -0.25) is 0 Å². The molecular weight excluding hydrogens is 310 g/mol. The van der Waals surface area contributed by atoms with Crippen LogP contribution in [0.5, 0.6) is 5.75 Å². The Morgan fingerprint density at radius 2 is 1.83 bits per heavy atom. The second-order valence-electron chi connectivity index (χ2n) is 6.25. The molecule has 0 radical (unpaired) electrons. The van der Waals surface area contributed by atoms with Crippen molar-refractivity contribution in [3.05, 3.63) is 29.8 Å². The zero-order valence-electron chi connectivity index (χ0n) is 14.8. The molecule has 3 N–H and O–H groups in total. The summed E-state index contributed by atoms with van der Waals surface area (Å²) in [5.41, 5.74) is 5.86. The first-order valence-corrected chi connectivity index (χ1v) is 7.88. The van der Waals surface area contributed by atoms with Crippen molar-refractivity contribution in [2.45, 2.75) is 32.8 Å². The summed E-state index contributed by atoms with van der Waals surface area (Å²) in [5.74, 6) is 0.779. The summed E-state index contributed by atoms with van der Waals surface area (Å²) in [4.78, 5) is 25.2. The highest BCUT2D eigenvalue weighted by molar-refractivity contribution is 5.91. The third-order valence-corrected chi connectivity index (χ3v) is 3.06. The van der Waals surface area contributed by atoms with Crippen molar-refractivity contribution < 1.29 is 19.1 Å². The Morgan fingerprint density at radius 1 is 1.21 bits per heavy atom. The van der Waals surface area contributed by atoms with E-state index in [-0.39, 0.29) is 13.1 Å². The zero-order chi connectivity index (χ0) is 18.2. The van der Waals surface area contributed by atoms with E-state index in [0.717, 1.165) is 16.2 Å². The molecule has 0 aliphatic carbocycles.